The summed E-state index contributed by atoms with van der Waals surface area (Å²) in [6, 6.07) is 7.17. The summed E-state index contributed by atoms with van der Waals surface area (Å²) in [6.07, 6.45) is 0.352. The highest BCUT2D eigenvalue weighted by molar-refractivity contribution is 5.92. The van der Waals surface area contributed by atoms with Crippen LogP contribution >= 0.6 is 0 Å². The van der Waals surface area contributed by atoms with Gasteiger partial charge in [0.25, 0.3) is 0 Å². The van der Waals surface area contributed by atoms with Crippen LogP contribution in [0.15, 0.2) is 18.2 Å². The molecule has 1 fully saturated rings. The second-order valence-corrected chi connectivity index (χ2v) is 5.54. The number of carbonyl (C=O) groups excluding carboxylic acids is 1. The zero-order chi connectivity index (χ0) is 15.7. The van der Waals surface area contributed by atoms with Crippen LogP contribution in [0, 0.1) is 11.3 Å². The Morgan fingerprint density at radius 3 is 2.73 bits per heavy atom. The maximum absolute atomic E-state index is 12.2. The van der Waals surface area contributed by atoms with E-state index in [-0.39, 0.29) is 12.1 Å². The van der Waals surface area contributed by atoms with Crippen molar-refractivity contribution in [2.45, 2.75) is 25.4 Å². The normalized spacial score (nSPS) is 18.4. The zero-order valence-corrected chi connectivity index (χ0v) is 12.0. The standard InChI is InChI=1S/C15H16N4O3/c16-8-10-1-2-13-11(7-10)9-19(14(20)17-13)12-3-5-18(6-4-12)15(21)22/h1-2,7,12H,3-6,9H2,(H,17,20)(H,21,22). The Kier molecular flexibility index (Phi) is 3.59. The van der Waals surface area contributed by atoms with Crippen molar-refractivity contribution in [2.75, 3.05) is 18.4 Å². The third-order valence-corrected chi connectivity index (χ3v) is 4.25. The second kappa shape index (κ2) is 5.56. The smallest absolute Gasteiger partial charge is 0.407 e. The molecule has 0 unspecified atom stereocenters. The first-order chi connectivity index (χ1) is 10.6. The number of anilines is 1. The molecule has 1 aromatic rings. The number of fused-ring (bicyclic) bond motifs is 1. The molecule has 7 nitrogen and oxygen atoms in total. The Morgan fingerprint density at radius 2 is 2.09 bits per heavy atom. The third kappa shape index (κ3) is 2.55. The van der Waals surface area contributed by atoms with E-state index < -0.39 is 6.09 Å². The van der Waals surface area contributed by atoms with Gasteiger partial charge in [-0.25, -0.2) is 9.59 Å². The number of urea groups is 1. The molecular formula is C15H16N4O3. The van der Waals surface area contributed by atoms with Gasteiger partial charge in [-0.1, -0.05) is 0 Å². The van der Waals surface area contributed by atoms with Gasteiger partial charge in [0.1, 0.15) is 0 Å². The third-order valence-electron chi connectivity index (χ3n) is 4.25. The molecule has 114 valence electrons. The number of benzene rings is 1. The van der Waals surface area contributed by atoms with Crippen molar-refractivity contribution < 1.29 is 14.7 Å². The van der Waals surface area contributed by atoms with E-state index in [9.17, 15) is 9.59 Å². The monoisotopic (exact) mass is 300 g/mol. The SMILES string of the molecule is N#Cc1ccc2c(c1)CN(C1CCN(C(=O)O)CC1)C(=O)N2. The van der Waals surface area contributed by atoms with Crippen molar-refractivity contribution in [3.8, 4) is 6.07 Å². The van der Waals surface area contributed by atoms with Crippen LogP contribution in [-0.2, 0) is 6.54 Å². The molecule has 0 radical (unpaired) electrons. The van der Waals surface area contributed by atoms with Gasteiger partial charge in [0.05, 0.1) is 11.6 Å². The van der Waals surface area contributed by atoms with E-state index in [1.165, 1.54) is 4.90 Å². The number of carboxylic acid groups (broad SMARTS) is 1. The summed E-state index contributed by atoms with van der Waals surface area (Å²) >= 11 is 0. The molecule has 0 atom stereocenters. The minimum absolute atomic E-state index is 0.0227. The van der Waals surface area contributed by atoms with E-state index in [1.807, 2.05) is 0 Å². The van der Waals surface area contributed by atoms with Crippen LogP contribution in [0.25, 0.3) is 0 Å². The Bertz CT molecular complexity index is 659. The number of carbonyl (C=O) groups is 2. The average molecular weight is 300 g/mol. The number of nitrogens with zero attached hydrogens (tertiary/aromatic N) is 3. The molecule has 1 aromatic carbocycles. The number of hydrogen-bond acceptors (Lipinski definition) is 3. The van der Waals surface area contributed by atoms with Gasteiger partial charge in [0, 0.05) is 31.4 Å². The summed E-state index contributed by atoms with van der Waals surface area (Å²) in [5, 5.41) is 20.8. The summed E-state index contributed by atoms with van der Waals surface area (Å²) in [5.41, 5.74) is 2.22. The molecule has 0 spiro atoms. The van der Waals surface area contributed by atoms with Crippen LogP contribution in [0.1, 0.15) is 24.0 Å². The van der Waals surface area contributed by atoms with Gasteiger partial charge >= 0.3 is 12.1 Å². The lowest BCUT2D eigenvalue weighted by molar-refractivity contribution is 0.104. The lowest BCUT2D eigenvalue weighted by Crippen LogP contribution is -2.50. The molecule has 1 saturated heterocycles. The minimum Gasteiger partial charge on any atom is -0.465 e. The number of amides is 3. The van der Waals surface area contributed by atoms with Crippen molar-refractivity contribution in [1.82, 2.24) is 9.80 Å². The highest BCUT2D eigenvalue weighted by Gasteiger charge is 2.32. The number of nitriles is 1. The van der Waals surface area contributed by atoms with Gasteiger partial charge in [0.15, 0.2) is 0 Å². The van der Waals surface area contributed by atoms with Crippen LogP contribution in [0.3, 0.4) is 0 Å². The number of nitrogens with one attached hydrogen (secondary N) is 1. The fourth-order valence-corrected chi connectivity index (χ4v) is 3.02. The van der Waals surface area contributed by atoms with E-state index in [2.05, 4.69) is 11.4 Å². The van der Waals surface area contributed by atoms with E-state index in [0.717, 1.165) is 11.3 Å². The fraction of sp³-hybridized carbons (Fsp3) is 0.400. The topological polar surface area (TPSA) is 96.7 Å². The van der Waals surface area contributed by atoms with E-state index in [0.29, 0.717) is 38.0 Å². The predicted molar refractivity (Wildman–Crippen MR) is 78.3 cm³/mol. The van der Waals surface area contributed by atoms with Crippen molar-refractivity contribution >= 4 is 17.8 Å². The molecule has 22 heavy (non-hydrogen) atoms. The Morgan fingerprint density at radius 1 is 1.36 bits per heavy atom. The first kappa shape index (κ1) is 14.2. The van der Waals surface area contributed by atoms with Gasteiger partial charge in [-0.15, -0.1) is 0 Å². The predicted octanol–water partition coefficient (Wildman–Crippen LogP) is 2.05. The molecule has 2 aliphatic rings. The number of rotatable bonds is 1. The molecule has 7 heteroatoms. The summed E-state index contributed by atoms with van der Waals surface area (Å²) in [5.74, 6) is 0. The maximum atomic E-state index is 12.2. The van der Waals surface area contributed by atoms with Crippen LogP contribution in [0.4, 0.5) is 15.3 Å². The molecular weight excluding hydrogens is 284 g/mol. The Hall–Kier alpha value is -2.75. The first-order valence-corrected chi connectivity index (χ1v) is 7.17. The fourth-order valence-electron chi connectivity index (χ4n) is 3.02. The van der Waals surface area contributed by atoms with E-state index in [4.69, 9.17) is 10.4 Å². The lowest BCUT2D eigenvalue weighted by atomic mass is 10.0. The first-order valence-electron chi connectivity index (χ1n) is 7.17. The van der Waals surface area contributed by atoms with Crippen molar-refractivity contribution in [3.63, 3.8) is 0 Å². The molecule has 2 N–H and O–H groups in total. The van der Waals surface area contributed by atoms with Gasteiger partial charge in [-0.05, 0) is 36.6 Å². The Balaban J connectivity index is 1.74. The van der Waals surface area contributed by atoms with Crippen LogP contribution in [-0.4, -0.2) is 46.2 Å². The van der Waals surface area contributed by atoms with Crippen LogP contribution in [0.2, 0.25) is 0 Å². The van der Waals surface area contributed by atoms with Gasteiger partial charge in [-0.3, -0.25) is 0 Å². The Labute approximate surface area is 127 Å². The maximum Gasteiger partial charge on any atom is 0.407 e. The van der Waals surface area contributed by atoms with Gasteiger partial charge < -0.3 is 20.2 Å². The molecule has 0 aromatic heterocycles. The average Bonchev–Trinajstić information content (AvgIpc) is 2.54. The van der Waals surface area contributed by atoms with Crippen molar-refractivity contribution in [2.24, 2.45) is 0 Å². The van der Waals surface area contributed by atoms with E-state index in [1.54, 1.807) is 23.1 Å². The molecule has 3 amide bonds. The molecule has 2 aliphatic heterocycles. The molecule has 0 bridgehead atoms. The lowest BCUT2D eigenvalue weighted by Gasteiger charge is -2.39. The van der Waals surface area contributed by atoms with E-state index >= 15 is 0 Å². The highest BCUT2D eigenvalue weighted by Crippen LogP contribution is 2.28. The van der Waals surface area contributed by atoms with Gasteiger partial charge in [-0.2, -0.15) is 5.26 Å². The summed E-state index contributed by atoms with van der Waals surface area (Å²) in [4.78, 5) is 26.3. The van der Waals surface area contributed by atoms with Crippen molar-refractivity contribution in [1.29, 1.82) is 5.26 Å². The van der Waals surface area contributed by atoms with Crippen LogP contribution < -0.4 is 5.32 Å². The summed E-state index contributed by atoms with van der Waals surface area (Å²) in [6.45, 7) is 1.33. The molecule has 3 rings (SSSR count). The molecule has 0 aliphatic carbocycles. The van der Waals surface area contributed by atoms with Crippen LogP contribution in [0.5, 0.6) is 0 Å². The quantitative estimate of drug-likeness (QED) is 0.829. The molecule has 0 saturated carbocycles. The second-order valence-electron chi connectivity index (χ2n) is 5.54. The van der Waals surface area contributed by atoms with Crippen molar-refractivity contribution in [3.05, 3.63) is 29.3 Å². The largest absolute Gasteiger partial charge is 0.465 e. The number of likely N-dealkylation sites (tertiary alicyclic amines) is 1. The molecule has 2 heterocycles. The number of piperidine rings is 1. The minimum atomic E-state index is -0.912. The zero-order valence-electron chi connectivity index (χ0n) is 12.0. The highest BCUT2D eigenvalue weighted by atomic mass is 16.4. The summed E-state index contributed by atoms with van der Waals surface area (Å²) in [7, 11) is 0. The van der Waals surface area contributed by atoms with Gasteiger partial charge in [0.2, 0.25) is 0 Å². The summed E-state index contributed by atoms with van der Waals surface area (Å²) < 4.78 is 0. The number of hydrogen-bond donors (Lipinski definition) is 2.